The van der Waals surface area contributed by atoms with Gasteiger partial charge in [0.15, 0.2) is 0 Å². The number of benzene rings is 1. The summed E-state index contributed by atoms with van der Waals surface area (Å²) in [5, 5.41) is 3.55. The summed E-state index contributed by atoms with van der Waals surface area (Å²) in [4.78, 5) is 17.0. The van der Waals surface area contributed by atoms with Crippen LogP contribution in [0, 0.1) is 5.92 Å². The van der Waals surface area contributed by atoms with Gasteiger partial charge in [-0.15, -0.1) is 0 Å². The van der Waals surface area contributed by atoms with Gasteiger partial charge in [0.2, 0.25) is 5.91 Å². The van der Waals surface area contributed by atoms with Gasteiger partial charge in [-0.2, -0.15) is 13.2 Å². The lowest BCUT2D eigenvalue weighted by Crippen LogP contribution is -2.42. The van der Waals surface area contributed by atoms with Crippen molar-refractivity contribution in [3.05, 3.63) is 58.7 Å². The van der Waals surface area contributed by atoms with Gasteiger partial charge in [0.25, 0.3) is 5.82 Å². The van der Waals surface area contributed by atoms with Crippen molar-refractivity contribution in [2.24, 2.45) is 5.92 Å². The highest BCUT2D eigenvalue weighted by atomic mass is 35.5. The maximum atomic E-state index is 12.6. The Labute approximate surface area is 160 Å². The predicted molar refractivity (Wildman–Crippen MR) is 96.2 cm³/mol. The molecule has 1 aromatic heterocycles. The van der Waals surface area contributed by atoms with Crippen LogP contribution in [0.1, 0.15) is 24.0 Å². The summed E-state index contributed by atoms with van der Waals surface area (Å²) in [6.45, 7) is 1.64. The molecule has 1 aliphatic rings. The number of anilines is 1. The Bertz CT molecular complexity index is 788. The van der Waals surface area contributed by atoms with Crippen molar-refractivity contribution in [2.75, 3.05) is 18.0 Å². The fraction of sp³-hybridized carbons (Fsp3) is 0.368. The molecule has 0 atom stereocenters. The molecule has 2 aromatic rings. The Balaban J connectivity index is 1.50. The first kappa shape index (κ1) is 19.5. The third kappa shape index (κ3) is 5.13. The number of aromatic amines is 1. The highest BCUT2D eigenvalue weighted by Crippen LogP contribution is 2.29. The fourth-order valence-electron chi connectivity index (χ4n) is 3.15. The van der Waals surface area contributed by atoms with E-state index in [4.69, 9.17) is 11.6 Å². The van der Waals surface area contributed by atoms with Crippen molar-refractivity contribution in [3.8, 4) is 0 Å². The maximum absolute atomic E-state index is 12.6. The summed E-state index contributed by atoms with van der Waals surface area (Å²) in [6.07, 6.45) is -2.09. The van der Waals surface area contributed by atoms with Crippen molar-refractivity contribution < 1.29 is 22.9 Å². The van der Waals surface area contributed by atoms with Crippen LogP contribution in [0.2, 0.25) is 5.02 Å². The second-order valence-electron chi connectivity index (χ2n) is 6.57. The molecular weight excluding hydrogens is 379 g/mol. The molecule has 27 heavy (non-hydrogen) atoms. The first-order valence-corrected chi connectivity index (χ1v) is 9.07. The average molecular weight is 399 g/mol. The van der Waals surface area contributed by atoms with Crippen LogP contribution >= 0.6 is 11.6 Å². The zero-order valence-corrected chi connectivity index (χ0v) is 15.3. The monoisotopic (exact) mass is 398 g/mol. The molecule has 1 aromatic carbocycles. The van der Waals surface area contributed by atoms with Crippen LogP contribution in [0.5, 0.6) is 0 Å². The Morgan fingerprint density at radius 2 is 1.96 bits per heavy atom. The first-order valence-electron chi connectivity index (χ1n) is 8.69. The Morgan fingerprint density at radius 1 is 1.22 bits per heavy atom. The Hall–Kier alpha value is -2.28. The highest BCUT2D eigenvalue weighted by molar-refractivity contribution is 6.30. The van der Waals surface area contributed by atoms with Gasteiger partial charge in [0, 0.05) is 23.6 Å². The number of rotatable bonds is 4. The lowest BCUT2D eigenvalue weighted by atomic mass is 9.95. The van der Waals surface area contributed by atoms with E-state index in [1.54, 1.807) is 6.07 Å². The normalized spacial score (nSPS) is 15.6. The number of alkyl halides is 3. The molecule has 0 saturated carbocycles. The number of piperidine rings is 1. The van der Waals surface area contributed by atoms with E-state index in [9.17, 15) is 18.0 Å². The molecule has 0 radical (unpaired) electrons. The molecule has 1 amide bonds. The van der Waals surface area contributed by atoms with E-state index in [1.165, 1.54) is 6.07 Å². The van der Waals surface area contributed by atoms with Crippen LogP contribution in [0.15, 0.2) is 42.6 Å². The summed E-state index contributed by atoms with van der Waals surface area (Å²) >= 11 is 5.93. The number of halogens is 4. The van der Waals surface area contributed by atoms with E-state index in [0.29, 0.717) is 43.3 Å². The molecule has 0 unspecified atom stereocenters. The van der Waals surface area contributed by atoms with Gasteiger partial charge in [-0.1, -0.05) is 23.7 Å². The van der Waals surface area contributed by atoms with Crippen LogP contribution in [-0.4, -0.2) is 19.0 Å². The molecule has 8 heteroatoms. The molecule has 1 fully saturated rings. The summed E-state index contributed by atoms with van der Waals surface area (Å²) in [5.41, 5.74) is 0.231. The molecule has 1 aliphatic heterocycles. The SMILES string of the molecule is O=C(NCc1cccc(Cl)c1)C1CCN(c2ccc(C(F)(F)F)c[nH+]2)CC1. The number of pyridine rings is 1. The van der Waals surface area contributed by atoms with Crippen LogP contribution in [-0.2, 0) is 17.5 Å². The minimum atomic E-state index is -4.36. The Morgan fingerprint density at radius 3 is 2.56 bits per heavy atom. The molecule has 0 bridgehead atoms. The molecular formula is C19H20ClF3N3O+. The minimum Gasteiger partial charge on any atom is -0.352 e. The molecule has 2 heterocycles. The summed E-state index contributed by atoms with van der Waals surface area (Å²) in [5.74, 6) is 0.515. The number of hydrogen-bond acceptors (Lipinski definition) is 2. The number of H-pyrrole nitrogens is 1. The van der Waals surface area contributed by atoms with E-state index < -0.39 is 11.7 Å². The number of hydrogen-bond donors (Lipinski definition) is 1. The van der Waals surface area contributed by atoms with Crippen molar-refractivity contribution in [1.82, 2.24) is 5.32 Å². The predicted octanol–water partition coefficient (Wildman–Crippen LogP) is 3.71. The lowest BCUT2D eigenvalue weighted by Gasteiger charge is -2.27. The molecule has 2 N–H and O–H groups in total. The van der Waals surface area contributed by atoms with Crippen LogP contribution in [0.4, 0.5) is 19.0 Å². The van der Waals surface area contributed by atoms with Crippen molar-refractivity contribution in [3.63, 3.8) is 0 Å². The van der Waals surface area contributed by atoms with Crippen molar-refractivity contribution in [2.45, 2.75) is 25.6 Å². The maximum Gasteiger partial charge on any atom is 0.419 e. The quantitative estimate of drug-likeness (QED) is 0.853. The number of nitrogens with one attached hydrogen (secondary N) is 2. The molecule has 0 spiro atoms. The van der Waals surface area contributed by atoms with E-state index in [2.05, 4.69) is 10.3 Å². The van der Waals surface area contributed by atoms with E-state index >= 15 is 0 Å². The zero-order chi connectivity index (χ0) is 19.4. The Kier molecular flexibility index (Phi) is 5.89. The number of aromatic nitrogens is 1. The fourth-order valence-corrected chi connectivity index (χ4v) is 3.37. The second kappa shape index (κ2) is 8.17. The number of nitrogens with zero attached hydrogens (tertiary/aromatic N) is 1. The van der Waals surface area contributed by atoms with Gasteiger partial charge in [-0.3, -0.25) is 9.69 Å². The van der Waals surface area contributed by atoms with E-state index in [1.807, 2.05) is 23.1 Å². The number of carbonyl (C=O) groups excluding carboxylic acids is 1. The molecule has 144 valence electrons. The van der Waals surface area contributed by atoms with Gasteiger partial charge in [-0.25, -0.2) is 4.98 Å². The van der Waals surface area contributed by atoms with Crippen LogP contribution in [0.3, 0.4) is 0 Å². The smallest absolute Gasteiger partial charge is 0.352 e. The first-order chi connectivity index (χ1) is 12.8. The molecule has 3 rings (SSSR count). The third-order valence-electron chi connectivity index (χ3n) is 4.69. The largest absolute Gasteiger partial charge is 0.419 e. The topological polar surface area (TPSA) is 46.5 Å². The summed E-state index contributed by atoms with van der Waals surface area (Å²) < 4.78 is 37.9. The lowest BCUT2D eigenvalue weighted by molar-refractivity contribution is -0.367. The van der Waals surface area contributed by atoms with E-state index in [0.717, 1.165) is 17.8 Å². The van der Waals surface area contributed by atoms with Crippen molar-refractivity contribution >= 4 is 23.3 Å². The van der Waals surface area contributed by atoms with Gasteiger partial charge in [0.1, 0.15) is 6.20 Å². The molecule has 4 nitrogen and oxygen atoms in total. The van der Waals surface area contributed by atoms with Crippen LogP contribution < -0.4 is 15.2 Å². The summed E-state index contributed by atoms with van der Waals surface area (Å²) in [7, 11) is 0. The standard InChI is InChI=1S/C19H19ClF3N3O/c20-16-3-1-2-13(10-16)11-25-18(27)14-6-8-26(9-7-14)17-5-4-15(12-24-17)19(21,22)23/h1-5,10,12,14H,6-9,11H2,(H,25,27)/p+1. The summed E-state index contributed by atoms with van der Waals surface area (Å²) in [6, 6.07) is 9.82. The van der Waals surface area contributed by atoms with Crippen molar-refractivity contribution in [1.29, 1.82) is 0 Å². The van der Waals surface area contributed by atoms with Gasteiger partial charge in [-0.05, 0) is 36.6 Å². The second-order valence-corrected chi connectivity index (χ2v) is 7.01. The third-order valence-corrected chi connectivity index (χ3v) is 4.92. The van der Waals surface area contributed by atoms with Gasteiger partial charge < -0.3 is 5.32 Å². The zero-order valence-electron chi connectivity index (χ0n) is 14.5. The molecule has 0 aliphatic carbocycles. The number of amides is 1. The molecule has 1 saturated heterocycles. The average Bonchev–Trinajstić information content (AvgIpc) is 2.66. The van der Waals surface area contributed by atoms with Crippen LogP contribution in [0.25, 0.3) is 0 Å². The number of carbonyl (C=O) groups is 1. The van der Waals surface area contributed by atoms with Gasteiger partial charge >= 0.3 is 6.18 Å². The van der Waals surface area contributed by atoms with E-state index in [-0.39, 0.29) is 11.8 Å². The van der Waals surface area contributed by atoms with Gasteiger partial charge in [0.05, 0.1) is 18.7 Å². The highest BCUT2D eigenvalue weighted by Gasteiger charge is 2.33. The minimum absolute atomic E-state index is 0.00831.